The highest BCUT2D eigenvalue weighted by atomic mass is 32.3. The third-order valence-corrected chi connectivity index (χ3v) is 5.08. The van der Waals surface area contributed by atoms with Crippen molar-refractivity contribution in [3.63, 3.8) is 0 Å². The van der Waals surface area contributed by atoms with Gasteiger partial charge in [0.1, 0.15) is 5.01 Å². The fraction of sp³-hybridized carbons (Fsp3) is 0.692. The molecule has 0 spiro atoms. The summed E-state index contributed by atoms with van der Waals surface area (Å²) in [7, 11) is -4.53. The summed E-state index contributed by atoms with van der Waals surface area (Å²) < 4.78 is 34.0. The Labute approximate surface area is 128 Å². The van der Waals surface area contributed by atoms with Gasteiger partial charge in [-0.3, -0.25) is 4.79 Å². The maximum absolute atomic E-state index is 12.7. The predicted molar refractivity (Wildman–Crippen MR) is 79.2 cm³/mol. The van der Waals surface area contributed by atoms with Crippen molar-refractivity contribution in [2.24, 2.45) is 5.92 Å². The van der Waals surface area contributed by atoms with E-state index in [1.165, 1.54) is 11.3 Å². The zero-order valence-electron chi connectivity index (χ0n) is 12.3. The Morgan fingerprint density at radius 2 is 2.14 bits per heavy atom. The molecular weight excluding hydrogens is 315 g/mol. The fourth-order valence-electron chi connectivity index (χ4n) is 2.29. The van der Waals surface area contributed by atoms with Gasteiger partial charge in [0.15, 0.2) is 0 Å². The first kappa shape index (κ1) is 16.4. The Morgan fingerprint density at radius 1 is 1.48 bits per heavy atom. The molecule has 1 aromatic heterocycles. The van der Waals surface area contributed by atoms with E-state index in [9.17, 15) is 17.1 Å². The van der Waals surface area contributed by atoms with Crippen LogP contribution in [0.1, 0.15) is 37.9 Å². The van der Waals surface area contributed by atoms with Crippen LogP contribution in [0.5, 0.6) is 0 Å². The summed E-state index contributed by atoms with van der Waals surface area (Å²) in [4.78, 5) is 17.9. The largest absolute Gasteiger partial charge is 0.336 e. The van der Waals surface area contributed by atoms with Gasteiger partial charge in [-0.2, -0.15) is 8.42 Å². The molecule has 1 unspecified atom stereocenters. The molecule has 1 saturated heterocycles. The molecule has 118 valence electrons. The summed E-state index contributed by atoms with van der Waals surface area (Å²) in [5, 5.41) is 2.79. The molecule has 2 rings (SSSR count). The van der Waals surface area contributed by atoms with Crippen LogP contribution in [-0.2, 0) is 27.0 Å². The summed E-state index contributed by atoms with van der Waals surface area (Å²) in [5.74, 6) is -1.19. The minimum absolute atomic E-state index is 0.0470. The van der Waals surface area contributed by atoms with Crippen molar-refractivity contribution in [3.05, 3.63) is 16.1 Å². The van der Waals surface area contributed by atoms with Gasteiger partial charge in [0.2, 0.25) is 5.91 Å². The average molecular weight is 334 g/mol. The third kappa shape index (κ3) is 4.47. The number of aromatic nitrogens is 1. The van der Waals surface area contributed by atoms with Crippen molar-refractivity contribution in [2.75, 3.05) is 12.3 Å². The van der Waals surface area contributed by atoms with E-state index in [4.69, 9.17) is 0 Å². The summed E-state index contributed by atoms with van der Waals surface area (Å²) in [6, 6.07) is 0. The molecule has 5 nitrogen and oxygen atoms in total. The van der Waals surface area contributed by atoms with Crippen LogP contribution in [0.25, 0.3) is 0 Å². The number of hydrogen-bond donors (Lipinski definition) is 0. The first-order chi connectivity index (χ1) is 9.54. The smallest absolute Gasteiger partial charge is 0.302 e. The van der Waals surface area contributed by atoms with Crippen LogP contribution >= 0.6 is 11.3 Å². The zero-order valence-corrected chi connectivity index (χ0v) is 13.9. The number of carbonyl (C=O) groups is 1. The molecule has 2 heterocycles. The third-order valence-electron chi connectivity index (χ3n) is 3.38. The molecule has 1 aromatic rings. The van der Waals surface area contributed by atoms with Crippen LogP contribution in [-0.4, -0.2) is 36.5 Å². The molecular formula is C13H19FN2O3S2. The quantitative estimate of drug-likeness (QED) is 0.791. The van der Waals surface area contributed by atoms with Crippen LogP contribution in [0.15, 0.2) is 5.38 Å². The van der Waals surface area contributed by atoms with Crippen LogP contribution in [0.4, 0.5) is 3.89 Å². The fourth-order valence-corrected chi connectivity index (χ4v) is 4.11. The van der Waals surface area contributed by atoms with E-state index >= 15 is 0 Å². The second-order valence-electron chi connectivity index (χ2n) is 6.43. The lowest BCUT2D eigenvalue weighted by Gasteiger charge is -2.16. The monoisotopic (exact) mass is 334 g/mol. The molecule has 1 amide bonds. The van der Waals surface area contributed by atoms with E-state index in [1.807, 2.05) is 5.38 Å². The Balaban J connectivity index is 2.00. The highest BCUT2D eigenvalue weighted by Gasteiger charge is 2.33. The van der Waals surface area contributed by atoms with Gasteiger partial charge in [0.25, 0.3) is 0 Å². The Kier molecular flexibility index (Phi) is 4.39. The Hall–Kier alpha value is -1.02. The van der Waals surface area contributed by atoms with Crippen molar-refractivity contribution < 1.29 is 17.1 Å². The molecule has 21 heavy (non-hydrogen) atoms. The van der Waals surface area contributed by atoms with Gasteiger partial charge in [-0.25, -0.2) is 4.98 Å². The lowest BCUT2D eigenvalue weighted by Crippen LogP contribution is -2.25. The molecule has 0 N–H and O–H groups in total. The first-order valence-corrected chi connectivity index (χ1v) is 9.13. The number of nitrogens with zero attached hydrogens (tertiary/aromatic N) is 2. The minimum atomic E-state index is -4.53. The second kappa shape index (κ2) is 5.64. The molecule has 0 bridgehead atoms. The molecule has 0 aromatic carbocycles. The SMILES string of the molecule is CC(C)(C)c1csc(CN2CC(CS(=O)(=O)F)CC2=O)n1. The number of halogens is 1. The predicted octanol–water partition coefficient (Wildman–Crippen LogP) is 2.09. The van der Waals surface area contributed by atoms with Crippen molar-refractivity contribution >= 4 is 27.5 Å². The maximum Gasteiger partial charge on any atom is 0.302 e. The topological polar surface area (TPSA) is 67.3 Å². The highest BCUT2D eigenvalue weighted by Crippen LogP contribution is 2.27. The van der Waals surface area contributed by atoms with Crippen LogP contribution < -0.4 is 0 Å². The lowest BCUT2D eigenvalue weighted by molar-refractivity contribution is -0.128. The van der Waals surface area contributed by atoms with E-state index in [1.54, 1.807) is 4.90 Å². The van der Waals surface area contributed by atoms with Gasteiger partial charge in [-0.15, -0.1) is 15.2 Å². The Morgan fingerprint density at radius 3 is 2.67 bits per heavy atom. The Bertz CT molecular complexity index is 634. The van der Waals surface area contributed by atoms with Gasteiger partial charge in [-0.05, 0) is 0 Å². The molecule has 1 aliphatic rings. The van der Waals surface area contributed by atoms with Gasteiger partial charge in [0, 0.05) is 29.7 Å². The molecule has 0 saturated carbocycles. The second-order valence-corrected chi connectivity index (χ2v) is 8.78. The van der Waals surface area contributed by atoms with E-state index in [0.29, 0.717) is 6.54 Å². The van der Waals surface area contributed by atoms with Crippen molar-refractivity contribution in [3.8, 4) is 0 Å². The van der Waals surface area contributed by atoms with Gasteiger partial charge in [-0.1, -0.05) is 20.8 Å². The molecule has 0 aliphatic carbocycles. The minimum Gasteiger partial charge on any atom is -0.336 e. The normalized spacial score (nSPS) is 20.3. The van der Waals surface area contributed by atoms with Crippen LogP contribution in [0.2, 0.25) is 0 Å². The highest BCUT2D eigenvalue weighted by molar-refractivity contribution is 7.86. The number of likely N-dealkylation sites (tertiary alicyclic amines) is 1. The summed E-state index contributed by atoms with van der Waals surface area (Å²) in [6.07, 6.45) is 0.0840. The summed E-state index contributed by atoms with van der Waals surface area (Å²) in [5.41, 5.74) is 0.922. The van der Waals surface area contributed by atoms with Gasteiger partial charge >= 0.3 is 10.2 Å². The van der Waals surface area contributed by atoms with Gasteiger partial charge in [0.05, 0.1) is 18.0 Å². The number of thiazole rings is 1. The summed E-state index contributed by atoms with van der Waals surface area (Å²) >= 11 is 1.48. The van der Waals surface area contributed by atoms with E-state index < -0.39 is 21.9 Å². The van der Waals surface area contributed by atoms with Crippen molar-refractivity contribution in [1.29, 1.82) is 0 Å². The van der Waals surface area contributed by atoms with Crippen molar-refractivity contribution in [1.82, 2.24) is 9.88 Å². The van der Waals surface area contributed by atoms with Crippen LogP contribution in [0.3, 0.4) is 0 Å². The number of rotatable bonds is 4. The molecule has 0 radical (unpaired) electrons. The number of hydrogen-bond acceptors (Lipinski definition) is 5. The van der Waals surface area contributed by atoms with Crippen LogP contribution in [0, 0.1) is 5.92 Å². The van der Waals surface area contributed by atoms with E-state index in [0.717, 1.165) is 10.7 Å². The number of amides is 1. The standard InChI is InChI=1S/C13H19FN2O3S2/c1-13(2,3)10-7-20-11(15-10)6-16-5-9(4-12(16)17)8-21(14,18)19/h7,9H,4-6,8H2,1-3H3. The maximum atomic E-state index is 12.7. The van der Waals surface area contributed by atoms with E-state index in [-0.39, 0.29) is 24.3 Å². The first-order valence-electron chi connectivity index (χ1n) is 6.69. The van der Waals surface area contributed by atoms with Gasteiger partial charge < -0.3 is 4.90 Å². The molecule has 1 atom stereocenters. The average Bonchev–Trinajstić information content (AvgIpc) is 2.84. The molecule has 8 heteroatoms. The molecule has 1 aliphatic heterocycles. The zero-order chi connectivity index (χ0) is 15.8. The summed E-state index contributed by atoms with van der Waals surface area (Å²) in [6.45, 7) is 6.83. The lowest BCUT2D eigenvalue weighted by atomic mass is 9.93. The molecule has 1 fully saturated rings. The van der Waals surface area contributed by atoms with Crippen molar-refractivity contribution in [2.45, 2.75) is 39.2 Å². The van der Waals surface area contributed by atoms with E-state index in [2.05, 4.69) is 25.8 Å². The number of carbonyl (C=O) groups excluding carboxylic acids is 1.